The van der Waals surface area contributed by atoms with E-state index in [0.29, 0.717) is 11.9 Å². The summed E-state index contributed by atoms with van der Waals surface area (Å²) in [4.78, 5) is 2.37. The molecule has 0 bridgehead atoms. The number of nitrogens with zero attached hydrogens (tertiary/aromatic N) is 1. The highest BCUT2D eigenvalue weighted by Gasteiger charge is 2.43. The summed E-state index contributed by atoms with van der Waals surface area (Å²) in [6.07, 6.45) is 6.07. The molecule has 2 rings (SSSR count). The molecule has 0 aromatic heterocycles. The number of hydrogen-bond acceptors (Lipinski definition) is 3. The average Bonchev–Trinajstić information content (AvgIpc) is 2.27. The highest BCUT2D eigenvalue weighted by molar-refractivity contribution is 5.79. The van der Waals surface area contributed by atoms with Gasteiger partial charge >= 0.3 is 0 Å². The van der Waals surface area contributed by atoms with E-state index >= 15 is 0 Å². The molecule has 0 aromatic carbocycles. The molecule has 4 heteroatoms. The van der Waals surface area contributed by atoms with Gasteiger partial charge in [-0.2, -0.15) is 0 Å². The van der Waals surface area contributed by atoms with Gasteiger partial charge < -0.3 is 15.4 Å². The van der Waals surface area contributed by atoms with Crippen molar-refractivity contribution in [1.82, 2.24) is 4.90 Å². The Bertz CT molecular complexity index is 288. The molecule has 1 saturated carbocycles. The summed E-state index contributed by atoms with van der Waals surface area (Å²) >= 11 is 0. The summed E-state index contributed by atoms with van der Waals surface area (Å²) in [5, 5.41) is 7.46. The van der Waals surface area contributed by atoms with Crippen LogP contribution in [0.15, 0.2) is 0 Å². The van der Waals surface area contributed by atoms with E-state index in [9.17, 15) is 0 Å². The third-order valence-corrected chi connectivity index (χ3v) is 4.45. The van der Waals surface area contributed by atoms with Crippen molar-refractivity contribution in [2.24, 2.45) is 11.7 Å². The van der Waals surface area contributed by atoms with Crippen LogP contribution < -0.4 is 5.73 Å². The molecular formula is C13H25N3O. The molecule has 1 saturated heterocycles. The van der Waals surface area contributed by atoms with Gasteiger partial charge in [-0.15, -0.1) is 0 Å². The van der Waals surface area contributed by atoms with E-state index in [1.165, 1.54) is 19.3 Å². The summed E-state index contributed by atoms with van der Waals surface area (Å²) < 4.78 is 5.94. The Labute approximate surface area is 104 Å². The first-order valence-electron chi connectivity index (χ1n) is 6.70. The number of nitrogens with two attached hydrogens (primary N) is 1. The van der Waals surface area contributed by atoms with Crippen molar-refractivity contribution in [2.75, 3.05) is 20.2 Å². The topological polar surface area (TPSA) is 62.3 Å². The summed E-state index contributed by atoms with van der Waals surface area (Å²) in [6.45, 7) is 3.80. The lowest BCUT2D eigenvalue weighted by Gasteiger charge is -2.49. The Kier molecular flexibility index (Phi) is 3.73. The molecule has 0 amide bonds. The van der Waals surface area contributed by atoms with Crippen molar-refractivity contribution in [3.63, 3.8) is 0 Å². The summed E-state index contributed by atoms with van der Waals surface area (Å²) in [6, 6.07) is 0.603. The van der Waals surface area contributed by atoms with Gasteiger partial charge in [0.15, 0.2) is 0 Å². The second-order valence-electron chi connectivity index (χ2n) is 5.83. The quantitative estimate of drug-likeness (QED) is 0.578. The fourth-order valence-corrected chi connectivity index (χ4v) is 2.98. The molecule has 1 spiro atoms. The number of hydrogen-bond donors (Lipinski definition) is 2. The van der Waals surface area contributed by atoms with E-state index in [1.54, 1.807) is 0 Å². The molecule has 0 aromatic rings. The van der Waals surface area contributed by atoms with Crippen LogP contribution >= 0.6 is 0 Å². The van der Waals surface area contributed by atoms with Gasteiger partial charge in [0, 0.05) is 25.1 Å². The SMILES string of the molecule is CC(CN(C)C1CCOC2(CCC2)C1)C(=N)N. The van der Waals surface area contributed by atoms with Crippen molar-refractivity contribution in [3.05, 3.63) is 0 Å². The molecule has 3 N–H and O–H groups in total. The molecule has 1 heterocycles. The highest BCUT2D eigenvalue weighted by Crippen LogP contribution is 2.43. The van der Waals surface area contributed by atoms with Gasteiger partial charge in [0.25, 0.3) is 0 Å². The van der Waals surface area contributed by atoms with Gasteiger partial charge in [-0.05, 0) is 39.2 Å². The van der Waals surface area contributed by atoms with Gasteiger partial charge in [0.1, 0.15) is 0 Å². The fraction of sp³-hybridized carbons (Fsp3) is 0.923. The number of ether oxygens (including phenoxy) is 1. The van der Waals surface area contributed by atoms with Crippen molar-refractivity contribution in [2.45, 2.75) is 50.7 Å². The predicted molar refractivity (Wildman–Crippen MR) is 69.3 cm³/mol. The second kappa shape index (κ2) is 4.94. The molecule has 98 valence electrons. The number of nitrogens with one attached hydrogen (secondary N) is 1. The number of rotatable bonds is 4. The van der Waals surface area contributed by atoms with Crippen molar-refractivity contribution >= 4 is 5.84 Å². The molecule has 2 fully saturated rings. The Hall–Kier alpha value is -0.610. The van der Waals surface area contributed by atoms with Crippen molar-refractivity contribution in [1.29, 1.82) is 5.41 Å². The minimum absolute atomic E-state index is 0.153. The average molecular weight is 239 g/mol. The van der Waals surface area contributed by atoms with Gasteiger partial charge in [-0.3, -0.25) is 5.41 Å². The van der Waals surface area contributed by atoms with Crippen LogP contribution in [-0.4, -0.2) is 42.6 Å². The zero-order valence-electron chi connectivity index (χ0n) is 11.0. The normalized spacial score (nSPS) is 29.0. The summed E-state index contributed by atoms with van der Waals surface area (Å²) in [7, 11) is 2.15. The lowest BCUT2D eigenvalue weighted by atomic mass is 9.73. The van der Waals surface area contributed by atoms with Crippen LogP contribution in [0.2, 0.25) is 0 Å². The molecule has 1 aliphatic carbocycles. The van der Waals surface area contributed by atoms with Gasteiger partial charge in [-0.1, -0.05) is 6.92 Å². The van der Waals surface area contributed by atoms with Gasteiger partial charge in [0.05, 0.1) is 11.4 Å². The van der Waals surface area contributed by atoms with Gasteiger partial charge in [0.2, 0.25) is 0 Å². The Morgan fingerprint density at radius 3 is 2.82 bits per heavy atom. The largest absolute Gasteiger partial charge is 0.387 e. The molecular weight excluding hydrogens is 214 g/mol. The van der Waals surface area contributed by atoms with Crippen molar-refractivity contribution < 1.29 is 4.74 Å². The van der Waals surface area contributed by atoms with E-state index in [4.69, 9.17) is 15.9 Å². The molecule has 4 nitrogen and oxygen atoms in total. The van der Waals surface area contributed by atoms with E-state index in [1.807, 2.05) is 6.92 Å². The zero-order chi connectivity index (χ0) is 12.5. The third kappa shape index (κ3) is 2.80. The maximum absolute atomic E-state index is 7.46. The molecule has 1 aliphatic heterocycles. The Balaban J connectivity index is 1.86. The van der Waals surface area contributed by atoms with E-state index in [2.05, 4.69) is 11.9 Å². The van der Waals surface area contributed by atoms with E-state index in [-0.39, 0.29) is 11.5 Å². The standard InChI is InChI=1S/C13H25N3O/c1-10(12(14)15)9-16(2)11-4-7-17-13(8-11)5-3-6-13/h10-11H,3-9H2,1-2H3,(H3,14,15). The van der Waals surface area contributed by atoms with E-state index < -0.39 is 0 Å². The molecule has 0 radical (unpaired) electrons. The van der Waals surface area contributed by atoms with Gasteiger partial charge in [-0.25, -0.2) is 0 Å². The smallest absolute Gasteiger partial charge is 0.0947 e. The number of amidine groups is 1. The van der Waals surface area contributed by atoms with Crippen molar-refractivity contribution in [3.8, 4) is 0 Å². The van der Waals surface area contributed by atoms with Crippen LogP contribution in [0.4, 0.5) is 0 Å². The Morgan fingerprint density at radius 1 is 1.59 bits per heavy atom. The third-order valence-electron chi connectivity index (χ3n) is 4.45. The molecule has 2 unspecified atom stereocenters. The van der Waals surface area contributed by atoms with Crippen LogP contribution in [0.25, 0.3) is 0 Å². The first-order valence-corrected chi connectivity index (χ1v) is 6.70. The monoisotopic (exact) mass is 239 g/mol. The zero-order valence-corrected chi connectivity index (χ0v) is 11.0. The highest BCUT2D eigenvalue weighted by atomic mass is 16.5. The first-order chi connectivity index (χ1) is 8.02. The van der Waals surface area contributed by atoms with Crippen LogP contribution in [0.1, 0.15) is 39.0 Å². The maximum Gasteiger partial charge on any atom is 0.0947 e. The first kappa shape index (κ1) is 12.8. The minimum Gasteiger partial charge on any atom is -0.387 e. The molecule has 2 atom stereocenters. The van der Waals surface area contributed by atoms with Crippen LogP contribution in [0, 0.1) is 11.3 Å². The lowest BCUT2D eigenvalue weighted by molar-refractivity contribution is -0.147. The summed E-state index contributed by atoms with van der Waals surface area (Å²) in [5.41, 5.74) is 5.74. The Morgan fingerprint density at radius 2 is 2.29 bits per heavy atom. The lowest BCUT2D eigenvalue weighted by Crippen LogP contribution is -2.52. The molecule has 17 heavy (non-hydrogen) atoms. The van der Waals surface area contributed by atoms with Crippen LogP contribution in [-0.2, 0) is 4.74 Å². The summed E-state index contributed by atoms with van der Waals surface area (Å²) in [5.74, 6) is 0.447. The predicted octanol–water partition coefficient (Wildman–Crippen LogP) is 1.59. The van der Waals surface area contributed by atoms with Crippen LogP contribution in [0.3, 0.4) is 0 Å². The minimum atomic E-state index is 0.153. The maximum atomic E-state index is 7.46. The van der Waals surface area contributed by atoms with E-state index in [0.717, 1.165) is 26.0 Å². The molecule has 2 aliphatic rings. The second-order valence-corrected chi connectivity index (χ2v) is 5.83. The fourth-order valence-electron chi connectivity index (χ4n) is 2.98. The van der Waals surface area contributed by atoms with Crippen LogP contribution in [0.5, 0.6) is 0 Å².